The number of rotatable bonds is 31. The average molecular weight is 837 g/mol. The Morgan fingerprint density at radius 3 is 2.41 bits per heavy atom. The van der Waals surface area contributed by atoms with Gasteiger partial charge in [0.15, 0.2) is 6.10 Å². The van der Waals surface area contributed by atoms with Gasteiger partial charge in [-0.2, -0.15) is 4.98 Å². The molecule has 0 spiro atoms. The van der Waals surface area contributed by atoms with Crippen molar-refractivity contribution in [1.29, 1.82) is 0 Å². The molecule has 0 bridgehead atoms. The van der Waals surface area contributed by atoms with Crippen molar-refractivity contribution in [1.82, 2.24) is 25.0 Å². The predicted octanol–water partition coefficient (Wildman–Crippen LogP) is 2.07. The Morgan fingerprint density at radius 1 is 0.931 bits per heavy atom. The highest BCUT2D eigenvalue weighted by atomic mass is 31.2. The van der Waals surface area contributed by atoms with Crippen LogP contribution in [0, 0.1) is 6.92 Å². The summed E-state index contributed by atoms with van der Waals surface area (Å²) in [5, 5.41) is 17.9. The maximum Gasteiger partial charge on any atom is 0.472 e. The Bertz CT molecular complexity index is 1780. The summed E-state index contributed by atoms with van der Waals surface area (Å²) in [7, 11) is -2.96. The van der Waals surface area contributed by atoms with Gasteiger partial charge in [-0.25, -0.2) is 9.55 Å². The number of esters is 2. The number of phosphoric acid groups is 1. The van der Waals surface area contributed by atoms with E-state index in [1.54, 1.807) is 31.0 Å². The van der Waals surface area contributed by atoms with E-state index in [0.29, 0.717) is 43.5 Å². The van der Waals surface area contributed by atoms with E-state index in [-0.39, 0.29) is 78.5 Å². The molecule has 21 nitrogen and oxygen atoms in total. The van der Waals surface area contributed by atoms with Crippen molar-refractivity contribution in [2.24, 2.45) is 0 Å². The van der Waals surface area contributed by atoms with Gasteiger partial charge in [0, 0.05) is 44.3 Å². The summed E-state index contributed by atoms with van der Waals surface area (Å²) in [5.74, 6) is 0.0899. The summed E-state index contributed by atoms with van der Waals surface area (Å²) in [6.07, 6.45) is 4.84. The molecule has 58 heavy (non-hydrogen) atoms. The van der Waals surface area contributed by atoms with Crippen molar-refractivity contribution >= 4 is 50.5 Å². The quantitative estimate of drug-likeness (QED) is 0.0309. The molecule has 2 heterocycles. The zero-order chi connectivity index (χ0) is 42.0. The van der Waals surface area contributed by atoms with E-state index >= 15 is 0 Å². The first-order chi connectivity index (χ1) is 28.0. The Kier molecular flexibility index (Phi) is 21.6. The minimum absolute atomic E-state index is 0.0319. The van der Waals surface area contributed by atoms with Crippen LogP contribution in [0.5, 0.6) is 5.88 Å². The highest BCUT2D eigenvalue weighted by Gasteiger charge is 2.24. The number of aryl methyl sites for hydroxylation is 1. The second-order valence-electron chi connectivity index (χ2n) is 12.1. The van der Waals surface area contributed by atoms with Gasteiger partial charge in [0.2, 0.25) is 5.88 Å². The van der Waals surface area contributed by atoms with Crippen LogP contribution < -0.4 is 9.64 Å². The number of anilines is 1. The van der Waals surface area contributed by atoms with Crippen LogP contribution in [-0.2, 0) is 69.6 Å². The molecule has 2 atom stereocenters. The molecule has 0 aliphatic heterocycles. The fourth-order valence-electron chi connectivity index (χ4n) is 4.85. The second kappa shape index (κ2) is 26.6. The molecule has 3 aromatic rings. The molecule has 0 radical (unpaired) electrons. The SMILES string of the molecule is COc1cc(/C=C/c2ccc(N(CCO)CCn3cc(COC(=O)CCCOCCOC(=O)CCCOP(=O)(O)OCC(COC=O)OC=O)nn3)cc2)nc(C)n1. The van der Waals surface area contributed by atoms with Crippen LogP contribution in [0.4, 0.5) is 5.69 Å². The number of aliphatic hydroxyl groups is 1. The topological polar surface area (TPSA) is 259 Å². The van der Waals surface area contributed by atoms with Gasteiger partial charge in [-0.15, -0.1) is 5.10 Å². The first-order valence-electron chi connectivity index (χ1n) is 18.1. The van der Waals surface area contributed by atoms with E-state index in [0.717, 1.165) is 16.9 Å². The highest BCUT2D eigenvalue weighted by molar-refractivity contribution is 7.47. The monoisotopic (exact) mass is 836 g/mol. The van der Waals surface area contributed by atoms with Gasteiger partial charge in [0.05, 0.1) is 52.0 Å². The smallest absolute Gasteiger partial charge is 0.472 e. The number of hydrogen-bond acceptors (Lipinski definition) is 19. The van der Waals surface area contributed by atoms with Crippen molar-refractivity contribution in [3.05, 3.63) is 59.3 Å². The van der Waals surface area contributed by atoms with Crippen LogP contribution in [0.3, 0.4) is 0 Å². The molecular weight excluding hydrogens is 787 g/mol. The summed E-state index contributed by atoms with van der Waals surface area (Å²) in [6, 6.07) is 9.65. The van der Waals surface area contributed by atoms with Crippen LogP contribution >= 0.6 is 7.82 Å². The molecule has 0 amide bonds. The summed E-state index contributed by atoms with van der Waals surface area (Å²) in [4.78, 5) is 65.1. The number of aromatic nitrogens is 5. The number of carbonyl (C=O) groups excluding carboxylic acids is 4. The molecule has 22 heteroatoms. The van der Waals surface area contributed by atoms with Crippen molar-refractivity contribution in [2.75, 3.05) is 71.3 Å². The molecule has 318 valence electrons. The van der Waals surface area contributed by atoms with Crippen molar-refractivity contribution in [3.63, 3.8) is 0 Å². The fourth-order valence-corrected chi connectivity index (χ4v) is 5.64. The lowest BCUT2D eigenvalue weighted by Crippen LogP contribution is -2.30. The number of ether oxygens (including phenoxy) is 6. The lowest BCUT2D eigenvalue weighted by Gasteiger charge is -2.24. The molecule has 2 unspecified atom stereocenters. The molecule has 0 saturated carbocycles. The first-order valence-corrected chi connectivity index (χ1v) is 19.6. The van der Waals surface area contributed by atoms with Gasteiger partial charge in [0.1, 0.15) is 31.3 Å². The van der Waals surface area contributed by atoms with Crippen molar-refractivity contribution in [3.8, 4) is 5.88 Å². The van der Waals surface area contributed by atoms with Gasteiger partial charge >= 0.3 is 19.8 Å². The van der Waals surface area contributed by atoms with Crippen LogP contribution in [0.15, 0.2) is 36.5 Å². The standard InChI is InChI=1S/C36H49N6O15P/c1-28-37-30(21-34(38-28)50-2)10-7-29-8-11-32(12-9-29)41(15-16-43)13-14-42-22-31(39-40-42)23-54-36(47)5-3-17-51-19-20-53-35(46)6-4-18-56-58(48,49)57-25-33(55-27-45)24-52-26-44/h7-12,21-22,26-27,33,43H,3-6,13-20,23-25H2,1-2H3,(H,48,49)/b10-7+. The molecule has 1 aromatic carbocycles. The van der Waals surface area contributed by atoms with E-state index in [2.05, 4.69) is 29.8 Å². The number of phosphoric ester groups is 1. The highest BCUT2D eigenvalue weighted by Crippen LogP contribution is 2.43. The number of aliphatic hydroxyl groups excluding tert-OH is 1. The molecular formula is C36H49N6O15P. The number of carbonyl (C=O) groups is 4. The Labute approximate surface area is 334 Å². The van der Waals surface area contributed by atoms with Gasteiger partial charge in [-0.05, 0) is 43.5 Å². The number of hydrogen-bond donors (Lipinski definition) is 2. The van der Waals surface area contributed by atoms with Gasteiger partial charge < -0.3 is 43.3 Å². The third-order valence-electron chi connectivity index (χ3n) is 7.65. The predicted molar refractivity (Wildman–Crippen MR) is 203 cm³/mol. The van der Waals surface area contributed by atoms with Crippen LogP contribution in [-0.4, -0.2) is 132 Å². The Hall–Kier alpha value is -5.31. The first kappa shape index (κ1) is 47.1. The molecule has 3 rings (SSSR count). The van der Waals surface area contributed by atoms with Crippen LogP contribution in [0.1, 0.15) is 48.5 Å². The van der Waals surface area contributed by atoms with Crippen LogP contribution in [0.25, 0.3) is 12.2 Å². The Balaban J connectivity index is 1.24. The summed E-state index contributed by atoms with van der Waals surface area (Å²) in [6.45, 7) is 2.38. The maximum absolute atomic E-state index is 12.2. The summed E-state index contributed by atoms with van der Waals surface area (Å²) < 4.78 is 52.9. The van der Waals surface area contributed by atoms with Crippen LogP contribution in [0.2, 0.25) is 0 Å². The lowest BCUT2D eigenvalue weighted by atomic mass is 10.1. The van der Waals surface area contributed by atoms with Gasteiger partial charge in [0.25, 0.3) is 12.9 Å². The number of benzene rings is 1. The Morgan fingerprint density at radius 2 is 1.69 bits per heavy atom. The van der Waals surface area contributed by atoms with E-state index in [4.69, 9.17) is 28.0 Å². The largest absolute Gasteiger partial charge is 0.481 e. The van der Waals surface area contributed by atoms with E-state index in [1.165, 1.54) is 0 Å². The molecule has 0 aliphatic rings. The molecule has 0 saturated heterocycles. The zero-order valence-corrected chi connectivity index (χ0v) is 33.2. The third kappa shape index (κ3) is 19.2. The summed E-state index contributed by atoms with van der Waals surface area (Å²) in [5.41, 5.74) is 3.11. The molecule has 2 N–H and O–H groups in total. The molecule has 0 fully saturated rings. The summed E-state index contributed by atoms with van der Waals surface area (Å²) >= 11 is 0. The zero-order valence-electron chi connectivity index (χ0n) is 32.3. The van der Waals surface area contributed by atoms with Gasteiger partial charge in [-0.3, -0.25) is 32.9 Å². The van der Waals surface area contributed by atoms with Crippen molar-refractivity contribution in [2.45, 2.75) is 51.9 Å². The minimum atomic E-state index is -4.52. The fraction of sp³-hybridized carbons (Fsp3) is 0.500. The third-order valence-corrected chi connectivity index (χ3v) is 8.63. The van der Waals surface area contributed by atoms with E-state index in [1.807, 2.05) is 41.3 Å². The number of methoxy groups -OCH3 is 1. The minimum Gasteiger partial charge on any atom is -0.481 e. The molecule has 2 aromatic heterocycles. The van der Waals surface area contributed by atoms with E-state index in [9.17, 15) is 33.7 Å². The number of nitrogens with zero attached hydrogens (tertiary/aromatic N) is 6. The lowest BCUT2D eigenvalue weighted by molar-refractivity contribution is -0.145. The normalized spacial score (nSPS) is 12.7. The van der Waals surface area contributed by atoms with Gasteiger partial charge in [-0.1, -0.05) is 23.4 Å². The van der Waals surface area contributed by atoms with Crippen molar-refractivity contribution < 1.29 is 71.2 Å². The molecule has 0 aliphatic carbocycles. The average Bonchev–Trinajstić information content (AvgIpc) is 3.68. The van der Waals surface area contributed by atoms with E-state index < -0.39 is 32.5 Å². The maximum atomic E-state index is 12.2. The second-order valence-corrected chi connectivity index (χ2v) is 13.5.